The van der Waals surface area contributed by atoms with Gasteiger partial charge in [-0.25, -0.2) is 0 Å². The van der Waals surface area contributed by atoms with E-state index in [1.54, 1.807) is 0 Å². The summed E-state index contributed by atoms with van der Waals surface area (Å²) >= 11 is 0. The average molecular weight is 261 g/mol. The first-order valence-corrected chi connectivity index (χ1v) is 7.75. The molecule has 1 fully saturated rings. The van der Waals surface area contributed by atoms with E-state index >= 15 is 0 Å². The van der Waals surface area contributed by atoms with E-state index in [0.29, 0.717) is 12.1 Å². The van der Waals surface area contributed by atoms with Crippen molar-refractivity contribution in [1.82, 2.24) is 5.32 Å². The van der Waals surface area contributed by atoms with Crippen LogP contribution in [-0.2, 0) is 6.42 Å². The Hall–Kier alpha value is -1.02. The third-order valence-corrected chi connectivity index (χ3v) is 3.89. The first kappa shape index (κ1) is 14.4. The molecule has 19 heavy (non-hydrogen) atoms. The second-order valence-electron chi connectivity index (χ2n) is 5.73. The van der Waals surface area contributed by atoms with Crippen LogP contribution in [-0.4, -0.2) is 18.7 Å². The molecule has 2 nitrogen and oxygen atoms in total. The van der Waals surface area contributed by atoms with Gasteiger partial charge in [-0.3, -0.25) is 0 Å². The summed E-state index contributed by atoms with van der Waals surface area (Å²) in [4.78, 5) is 0. The van der Waals surface area contributed by atoms with E-state index in [1.807, 2.05) is 0 Å². The molecule has 0 spiro atoms. The lowest BCUT2D eigenvalue weighted by Crippen LogP contribution is -2.40. The van der Waals surface area contributed by atoms with Gasteiger partial charge in [-0.1, -0.05) is 25.5 Å². The molecule has 0 aromatic heterocycles. The molecule has 1 N–H and O–H groups in total. The van der Waals surface area contributed by atoms with E-state index < -0.39 is 0 Å². The predicted molar refractivity (Wildman–Crippen MR) is 80.8 cm³/mol. The molecular weight excluding hydrogens is 234 g/mol. The molecule has 0 amide bonds. The number of piperidine rings is 1. The largest absolute Gasteiger partial charge is 0.494 e. The van der Waals surface area contributed by atoms with Crippen LogP contribution in [0.15, 0.2) is 24.3 Å². The molecule has 1 aromatic carbocycles. The summed E-state index contributed by atoms with van der Waals surface area (Å²) in [5, 5.41) is 3.70. The Labute approximate surface area is 117 Å². The maximum absolute atomic E-state index is 5.61. The lowest BCUT2D eigenvalue weighted by atomic mass is 9.95. The molecule has 106 valence electrons. The molecule has 0 bridgehead atoms. The smallest absolute Gasteiger partial charge is 0.119 e. The van der Waals surface area contributed by atoms with Crippen molar-refractivity contribution in [3.8, 4) is 5.75 Å². The van der Waals surface area contributed by atoms with Crippen LogP contribution in [0.25, 0.3) is 0 Å². The molecule has 0 aliphatic carbocycles. The van der Waals surface area contributed by atoms with E-state index in [4.69, 9.17) is 4.74 Å². The van der Waals surface area contributed by atoms with E-state index in [2.05, 4.69) is 43.4 Å². The van der Waals surface area contributed by atoms with Gasteiger partial charge < -0.3 is 10.1 Å². The molecule has 0 radical (unpaired) electrons. The van der Waals surface area contributed by atoms with Gasteiger partial charge in [0.05, 0.1) is 6.61 Å². The van der Waals surface area contributed by atoms with Crippen molar-refractivity contribution in [2.24, 2.45) is 0 Å². The van der Waals surface area contributed by atoms with Crippen molar-refractivity contribution in [2.45, 2.75) is 64.5 Å². The molecular formula is C17H27NO. The summed E-state index contributed by atoms with van der Waals surface area (Å²) in [5.74, 6) is 0.995. The number of hydrogen-bond acceptors (Lipinski definition) is 2. The number of benzene rings is 1. The first-order valence-electron chi connectivity index (χ1n) is 7.75. The highest BCUT2D eigenvalue weighted by atomic mass is 16.5. The van der Waals surface area contributed by atoms with Crippen LogP contribution in [0.4, 0.5) is 0 Å². The Morgan fingerprint density at radius 3 is 2.68 bits per heavy atom. The van der Waals surface area contributed by atoms with Crippen molar-refractivity contribution in [2.75, 3.05) is 6.61 Å². The highest BCUT2D eigenvalue weighted by Gasteiger charge is 2.17. The van der Waals surface area contributed by atoms with Crippen molar-refractivity contribution in [3.05, 3.63) is 29.8 Å². The van der Waals surface area contributed by atoms with Crippen LogP contribution < -0.4 is 10.1 Å². The third kappa shape index (κ3) is 4.87. The minimum atomic E-state index is 0.698. The van der Waals surface area contributed by atoms with Gasteiger partial charge in [0.1, 0.15) is 5.75 Å². The summed E-state index contributed by atoms with van der Waals surface area (Å²) in [6.07, 6.45) is 7.52. The number of aryl methyl sites for hydroxylation is 1. The molecule has 1 aliphatic rings. The molecule has 2 heteroatoms. The lowest BCUT2D eigenvalue weighted by Gasteiger charge is -2.28. The fraction of sp³-hybridized carbons (Fsp3) is 0.647. The van der Waals surface area contributed by atoms with Gasteiger partial charge in [-0.05, 0) is 56.7 Å². The second kappa shape index (κ2) is 7.54. The molecule has 1 aliphatic heterocycles. The van der Waals surface area contributed by atoms with E-state index in [1.165, 1.54) is 37.7 Å². The van der Waals surface area contributed by atoms with Gasteiger partial charge in [0.2, 0.25) is 0 Å². The summed E-state index contributed by atoms with van der Waals surface area (Å²) in [5.41, 5.74) is 1.42. The van der Waals surface area contributed by atoms with Crippen LogP contribution in [0.2, 0.25) is 0 Å². The lowest BCUT2D eigenvalue weighted by molar-refractivity contribution is 0.317. The molecule has 2 rings (SSSR count). The van der Waals surface area contributed by atoms with Gasteiger partial charge in [0.15, 0.2) is 0 Å². The fourth-order valence-electron chi connectivity index (χ4n) is 2.78. The summed E-state index contributed by atoms with van der Waals surface area (Å²) in [6, 6.07) is 10.0. The van der Waals surface area contributed by atoms with Crippen molar-refractivity contribution in [3.63, 3.8) is 0 Å². The third-order valence-electron chi connectivity index (χ3n) is 3.89. The maximum Gasteiger partial charge on any atom is 0.119 e. The van der Waals surface area contributed by atoms with Crippen LogP contribution in [0.1, 0.15) is 51.5 Å². The van der Waals surface area contributed by atoms with Crippen LogP contribution in [0.5, 0.6) is 5.75 Å². The summed E-state index contributed by atoms with van der Waals surface area (Å²) in [6.45, 7) is 5.24. The topological polar surface area (TPSA) is 21.3 Å². The standard InChI is InChI=1S/C17H27NO/c1-3-13-19-17-11-8-15(9-12-17)7-10-16-6-4-5-14(2)18-16/h8-9,11-12,14,16,18H,3-7,10,13H2,1-2H3. The SMILES string of the molecule is CCCOc1ccc(CCC2CCCC(C)N2)cc1. The molecule has 1 heterocycles. The number of rotatable bonds is 6. The normalized spacial score (nSPS) is 23.3. The highest BCUT2D eigenvalue weighted by Crippen LogP contribution is 2.18. The minimum absolute atomic E-state index is 0.698. The van der Waals surface area contributed by atoms with E-state index in [9.17, 15) is 0 Å². The first-order chi connectivity index (χ1) is 9.28. The Bertz CT molecular complexity index is 360. The van der Waals surface area contributed by atoms with E-state index in [-0.39, 0.29) is 0 Å². The van der Waals surface area contributed by atoms with Gasteiger partial charge in [-0.2, -0.15) is 0 Å². The number of nitrogens with one attached hydrogen (secondary N) is 1. The maximum atomic E-state index is 5.61. The van der Waals surface area contributed by atoms with Crippen LogP contribution in [0.3, 0.4) is 0 Å². The summed E-state index contributed by atoms with van der Waals surface area (Å²) in [7, 11) is 0. The van der Waals surface area contributed by atoms with Gasteiger partial charge in [0.25, 0.3) is 0 Å². The second-order valence-corrected chi connectivity index (χ2v) is 5.73. The fourth-order valence-corrected chi connectivity index (χ4v) is 2.78. The Balaban J connectivity index is 1.76. The van der Waals surface area contributed by atoms with Gasteiger partial charge in [-0.15, -0.1) is 0 Å². The van der Waals surface area contributed by atoms with Crippen molar-refractivity contribution >= 4 is 0 Å². The van der Waals surface area contributed by atoms with Crippen LogP contribution in [0, 0.1) is 0 Å². The quantitative estimate of drug-likeness (QED) is 0.837. The molecule has 1 aromatic rings. The average Bonchev–Trinajstić information content (AvgIpc) is 2.44. The monoisotopic (exact) mass is 261 g/mol. The zero-order chi connectivity index (χ0) is 13.5. The minimum Gasteiger partial charge on any atom is -0.494 e. The summed E-state index contributed by atoms with van der Waals surface area (Å²) < 4.78 is 5.61. The van der Waals surface area contributed by atoms with Crippen molar-refractivity contribution in [1.29, 1.82) is 0 Å². The predicted octanol–water partition coefficient (Wildman–Crippen LogP) is 3.94. The molecule has 0 saturated carbocycles. The molecule has 1 saturated heterocycles. The van der Waals surface area contributed by atoms with Gasteiger partial charge >= 0.3 is 0 Å². The zero-order valence-corrected chi connectivity index (χ0v) is 12.3. The van der Waals surface area contributed by atoms with E-state index in [0.717, 1.165) is 18.8 Å². The number of ether oxygens (including phenoxy) is 1. The van der Waals surface area contributed by atoms with Gasteiger partial charge in [0, 0.05) is 12.1 Å². The molecule has 2 unspecified atom stereocenters. The Kier molecular flexibility index (Phi) is 5.71. The zero-order valence-electron chi connectivity index (χ0n) is 12.3. The van der Waals surface area contributed by atoms with Crippen molar-refractivity contribution < 1.29 is 4.74 Å². The Morgan fingerprint density at radius 2 is 2.00 bits per heavy atom. The Morgan fingerprint density at radius 1 is 1.21 bits per heavy atom. The number of hydrogen-bond donors (Lipinski definition) is 1. The van der Waals surface area contributed by atoms with Crippen LogP contribution >= 0.6 is 0 Å². The highest BCUT2D eigenvalue weighted by molar-refractivity contribution is 5.27. The molecule has 2 atom stereocenters.